The summed E-state index contributed by atoms with van der Waals surface area (Å²) < 4.78 is 0. The van der Waals surface area contributed by atoms with E-state index in [4.69, 9.17) is 17.3 Å². The molecule has 2 aromatic rings. The number of nitro groups is 1. The number of nitrogens with zero attached hydrogens (tertiary/aromatic N) is 3. The molecular weight excluding hydrogens is 460 g/mol. The maximum absolute atomic E-state index is 13.5. The van der Waals surface area contributed by atoms with Crippen LogP contribution in [0.5, 0.6) is 0 Å². The molecule has 0 saturated carbocycles. The number of nitro benzene ring substituents is 1. The topological polar surface area (TPSA) is 113 Å². The van der Waals surface area contributed by atoms with Crippen molar-refractivity contribution in [2.45, 2.75) is 46.0 Å². The van der Waals surface area contributed by atoms with Gasteiger partial charge < -0.3 is 5.73 Å². The Bertz CT molecular complexity index is 1280. The molecule has 7 nitrogen and oxygen atoms in total. The monoisotopic (exact) mass is 482 g/mol. The molecule has 1 unspecified atom stereocenters. The number of nitriles is 1. The Hall–Kier alpha value is -3.15. The van der Waals surface area contributed by atoms with Gasteiger partial charge in [-0.05, 0) is 36.5 Å². The van der Waals surface area contributed by atoms with Crippen LogP contribution in [0.25, 0.3) is 0 Å². The number of nitrogens with two attached hydrogens (primary N) is 1. The first-order valence-corrected chi connectivity index (χ1v) is 11.8. The van der Waals surface area contributed by atoms with Crippen LogP contribution in [0.2, 0.25) is 5.02 Å². The van der Waals surface area contributed by atoms with E-state index >= 15 is 0 Å². The van der Waals surface area contributed by atoms with Crippen molar-refractivity contribution in [3.8, 4) is 6.07 Å². The van der Waals surface area contributed by atoms with Gasteiger partial charge in [-0.25, -0.2) is 0 Å². The van der Waals surface area contributed by atoms with Gasteiger partial charge in [0.2, 0.25) is 0 Å². The van der Waals surface area contributed by atoms with Crippen LogP contribution in [-0.2, 0) is 11.2 Å². The molecule has 0 saturated heterocycles. The van der Waals surface area contributed by atoms with Gasteiger partial charge in [0.05, 0.1) is 33.2 Å². The second kappa shape index (κ2) is 8.32. The Morgan fingerprint density at radius 2 is 2.06 bits per heavy atom. The molecule has 2 heterocycles. The molecule has 170 valence electrons. The van der Waals surface area contributed by atoms with Crippen LogP contribution in [0.1, 0.15) is 49.3 Å². The van der Waals surface area contributed by atoms with Crippen molar-refractivity contribution in [3.05, 3.63) is 77.9 Å². The molecule has 1 aromatic carbocycles. The number of rotatable bonds is 4. The first-order chi connectivity index (χ1) is 15.6. The molecule has 33 heavy (non-hydrogen) atoms. The van der Waals surface area contributed by atoms with Gasteiger partial charge in [0.15, 0.2) is 5.78 Å². The number of benzene rings is 1. The molecule has 1 atom stereocenters. The van der Waals surface area contributed by atoms with E-state index in [0.29, 0.717) is 24.1 Å². The fourth-order valence-corrected chi connectivity index (χ4v) is 5.87. The minimum atomic E-state index is -0.562. The number of non-ortho nitro benzene ring substituents is 1. The van der Waals surface area contributed by atoms with Crippen LogP contribution in [0.4, 0.5) is 11.4 Å². The van der Waals surface area contributed by atoms with E-state index in [9.17, 15) is 20.2 Å². The molecule has 9 heteroatoms. The summed E-state index contributed by atoms with van der Waals surface area (Å²) in [5, 5.41) is 21.8. The van der Waals surface area contributed by atoms with Crippen LogP contribution in [0.15, 0.2) is 53.0 Å². The molecule has 4 rings (SSSR count). The van der Waals surface area contributed by atoms with E-state index in [1.54, 1.807) is 16.2 Å². The smallest absolute Gasteiger partial charge is 0.271 e. The molecule has 1 aliphatic carbocycles. The zero-order valence-corrected chi connectivity index (χ0v) is 20.1. The minimum absolute atomic E-state index is 0.0514. The van der Waals surface area contributed by atoms with Gasteiger partial charge in [-0.1, -0.05) is 32.4 Å². The number of Topliss-reactive ketones (excluding diaryl/α,β-unsaturated/α-hetero) is 1. The van der Waals surface area contributed by atoms with Gasteiger partial charge >= 0.3 is 0 Å². The number of thiophene rings is 1. The Morgan fingerprint density at radius 1 is 1.33 bits per heavy atom. The zero-order chi connectivity index (χ0) is 24.1. The molecule has 2 N–H and O–H groups in total. The predicted molar refractivity (Wildman–Crippen MR) is 129 cm³/mol. The summed E-state index contributed by atoms with van der Waals surface area (Å²) in [7, 11) is 0. The van der Waals surface area contributed by atoms with Crippen molar-refractivity contribution in [2.24, 2.45) is 11.1 Å². The predicted octanol–water partition coefficient (Wildman–Crippen LogP) is 5.81. The summed E-state index contributed by atoms with van der Waals surface area (Å²) in [5.74, 6) is -0.474. The summed E-state index contributed by atoms with van der Waals surface area (Å²) in [4.78, 5) is 28.1. The maximum atomic E-state index is 13.5. The normalized spacial score (nSPS) is 20.0. The first-order valence-electron chi connectivity index (χ1n) is 10.6. The van der Waals surface area contributed by atoms with Crippen molar-refractivity contribution in [1.82, 2.24) is 0 Å². The average molecular weight is 483 g/mol. The SMILES string of the molecule is CCc1ccc(C2C(C#N)=C(N)N(c3cc([N+](=O)[O-])ccc3Cl)C3=C2C(=O)CC(C)(C)C3)s1. The number of aryl methyl sites for hydroxylation is 1. The van der Waals surface area contributed by atoms with E-state index in [1.165, 1.54) is 18.2 Å². The van der Waals surface area contributed by atoms with Gasteiger partial charge in [-0.2, -0.15) is 5.26 Å². The molecule has 1 aliphatic heterocycles. The third-order valence-corrected chi connectivity index (χ3v) is 7.69. The number of halogens is 1. The molecule has 0 radical (unpaired) electrons. The van der Waals surface area contributed by atoms with Crippen molar-refractivity contribution in [1.29, 1.82) is 5.26 Å². The highest BCUT2D eigenvalue weighted by molar-refractivity contribution is 7.12. The number of allylic oxidation sites excluding steroid dienone is 3. The fraction of sp³-hybridized carbons (Fsp3) is 0.333. The lowest BCUT2D eigenvalue weighted by atomic mass is 9.69. The van der Waals surface area contributed by atoms with E-state index in [2.05, 4.69) is 13.0 Å². The highest BCUT2D eigenvalue weighted by Crippen LogP contribution is 2.52. The number of ketones is 1. The Balaban J connectivity index is 2.02. The molecule has 0 amide bonds. The lowest BCUT2D eigenvalue weighted by Gasteiger charge is -2.43. The molecule has 0 bridgehead atoms. The van der Waals surface area contributed by atoms with Gasteiger partial charge in [0.25, 0.3) is 5.69 Å². The van der Waals surface area contributed by atoms with Crippen LogP contribution < -0.4 is 10.6 Å². The summed E-state index contributed by atoms with van der Waals surface area (Å²) in [5.41, 5.74) is 7.78. The number of hydrogen-bond acceptors (Lipinski definition) is 7. The van der Waals surface area contributed by atoms with Crippen LogP contribution in [0.3, 0.4) is 0 Å². The summed E-state index contributed by atoms with van der Waals surface area (Å²) in [6, 6.07) is 10.3. The van der Waals surface area contributed by atoms with Gasteiger partial charge in [-0.3, -0.25) is 19.8 Å². The van der Waals surface area contributed by atoms with Crippen molar-refractivity contribution in [2.75, 3.05) is 4.90 Å². The molecule has 0 fully saturated rings. The summed E-state index contributed by atoms with van der Waals surface area (Å²) in [6.07, 6.45) is 1.69. The fourth-order valence-electron chi connectivity index (χ4n) is 4.59. The molecule has 1 aromatic heterocycles. The quantitative estimate of drug-likeness (QED) is 0.434. The van der Waals surface area contributed by atoms with Gasteiger partial charge in [0, 0.05) is 39.6 Å². The third kappa shape index (κ3) is 3.92. The largest absolute Gasteiger partial charge is 0.384 e. The summed E-state index contributed by atoms with van der Waals surface area (Å²) >= 11 is 8.04. The standard InChI is InChI=1S/C24H23ClN4O3S/c1-4-14-6-8-20(33-14)21-15(12-26)23(27)28(17-9-13(29(31)32)5-7-16(17)25)18-10-24(2,3)11-19(30)22(18)21/h5-9,21H,4,10-11,27H2,1-3H3. The van der Waals surface area contributed by atoms with Crippen molar-refractivity contribution in [3.63, 3.8) is 0 Å². The van der Waals surface area contributed by atoms with E-state index in [0.717, 1.165) is 16.2 Å². The lowest BCUT2D eigenvalue weighted by Crippen LogP contribution is -2.42. The van der Waals surface area contributed by atoms with Gasteiger partial charge in [0.1, 0.15) is 5.82 Å². The van der Waals surface area contributed by atoms with Crippen LogP contribution >= 0.6 is 22.9 Å². The van der Waals surface area contributed by atoms with Crippen molar-refractivity contribution >= 4 is 40.1 Å². The second-order valence-corrected chi connectivity index (χ2v) is 10.6. The highest BCUT2D eigenvalue weighted by atomic mass is 35.5. The maximum Gasteiger partial charge on any atom is 0.271 e. The Morgan fingerprint density at radius 3 is 2.67 bits per heavy atom. The van der Waals surface area contributed by atoms with Crippen LogP contribution in [0, 0.1) is 26.9 Å². The van der Waals surface area contributed by atoms with Crippen LogP contribution in [-0.4, -0.2) is 10.7 Å². The first kappa shape index (κ1) is 23.0. The van der Waals surface area contributed by atoms with E-state index in [-0.39, 0.29) is 39.0 Å². The Kier molecular flexibility index (Phi) is 5.81. The van der Waals surface area contributed by atoms with Gasteiger partial charge in [-0.15, -0.1) is 11.3 Å². The van der Waals surface area contributed by atoms with E-state index in [1.807, 2.05) is 26.0 Å². The number of carbonyl (C=O) groups is 1. The second-order valence-electron chi connectivity index (χ2n) is 9.03. The molecule has 0 spiro atoms. The molecular formula is C24H23ClN4O3S. The third-order valence-electron chi connectivity index (χ3n) is 6.08. The Labute approximate surface area is 200 Å². The molecule has 2 aliphatic rings. The number of carbonyl (C=O) groups excluding carboxylic acids is 1. The summed E-state index contributed by atoms with van der Waals surface area (Å²) in [6.45, 7) is 6.05. The van der Waals surface area contributed by atoms with E-state index < -0.39 is 10.8 Å². The number of hydrogen-bond donors (Lipinski definition) is 1. The zero-order valence-electron chi connectivity index (χ0n) is 18.5. The number of anilines is 1. The minimum Gasteiger partial charge on any atom is -0.384 e. The highest BCUT2D eigenvalue weighted by Gasteiger charge is 2.45. The van der Waals surface area contributed by atoms with Crippen molar-refractivity contribution < 1.29 is 9.72 Å². The average Bonchev–Trinajstić information content (AvgIpc) is 3.22. The lowest BCUT2D eigenvalue weighted by molar-refractivity contribution is -0.384.